The molecule has 5 nitrogen and oxygen atoms in total. The standard InChI is InChI=1S/C36H34FN3O2/c1-3-39(4-2)29-20-16-24(17-21-29)27-22-31-34(33(41)23-27)35(25-14-18-28(37)19-15-25)40(32-13-9-8-12-30(32)38-31)36(42)26-10-6-5-7-11-26/h5-21,27,35,38H,3-4,22-23H2,1-2H3/t27-,35+/m1/s1. The van der Waals surface area contributed by atoms with Gasteiger partial charge >= 0.3 is 0 Å². The summed E-state index contributed by atoms with van der Waals surface area (Å²) in [6.07, 6.45) is 0.942. The van der Waals surface area contributed by atoms with E-state index in [9.17, 15) is 14.0 Å². The Hall–Kier alpha value is -4.71. The van der Waals surface area contributed by atoms with Crippen LogP contribution in [0, 0.1) is 5.82 Å². The lowest BCUT2D eigenvalue weighted by atomic mass is 9.78. The Morgan fingerprint density at radius 1 is 0.833 bits per heavy atom. The first-order valence-electron chi connectivity index (χ1n) is 14.6. The molecule has 0 bridgehead atoms. The van der Waals surface area contributed by atoms with E-state index in [4.69, 9.17) is 0 Å². The zero-order valence-electron chi connectivity index (χ0n) is 23.9. The van der Waals surface area contributed by atoms with Crippen molar-refractivity contribution < 1.29 is 14.0 Å². The monoisotopic (exact) mass is 559 g/mol. The van der Waals surface area contributed by atoms with Crippen molar-refractivity contribution in [1.29, 1.82) is 0 Å². The average Bonchev–Trinajstić information content (AvgIpc) is 3.17. The van der Waals surface area contributed by atoms with Crippen molar-refractivity contribution in [2.24, 2.45) is 0 Å². The number of nitrogens with one attached hydrogen (secondary N) is 1. The fourth-order valence-corrected chi connectivity index (χ4v) is 6.28. The SMILES string of the molecule is CCN(CC)c1ccc([C@H]2CC(=O)C3=C(C2)Nc2ccccc2N(C(=O)c2ccccc2)[C@H]3c2ccc(F)cc2)cc1. The molecule has 42 heavy (non-hydrogen) atoms. The highest BCUT2D eigenvalue weighted by molar-refractivity contribution is 6.12. The summed E-state index contributed by atoms with van der Waals surface area (Å²) in [6.45, 7) is 6.15. The minimum absolute atomic E-state index is 0.00749. The molecule has 1 aliphatic carbocycles. The van der Waals surface area contributed by atoms with Gasteiger partial charge in [0, 0.05) is 42.0 Å². The van der Waals surface area contributed by atoms with Gasteiger partial charge in [0.2, 0.25) is 0 Å². The molecule has 0 radical (unpaired) electrons. The van der Waals surface area contributed by atoms with Crippen LogP contribution in [0.1, 0.15) is 60.1 Å². The highest BCUT2D eigenvalue weighted by Gasteiger charge is 2.41. The first kappa shape index (κ1) is 27.5. The molecular formula is C36H34FN3O2. The fraction of sp³-hybridized carbons (Fsp3) is 0.222. The van der Waals surface area contributed by atoms with Crippen LogP contribution in [-0.4, -0.2) is 24.8 Å². The van der Waals surface area contributed by atoms with Crippen LogP contribution in [0.4, 0.5) is 21.5 Å². The Bertz CT molecular complexity index is 1630. The molecule has 0 saturated carbocycles. The molecule has 4 aromatic rings. The second-order valence-electron chi connectivity index (χ2n) is 10.8. The Balaban J connectivity index is 1.48. The minimum atomic E-state index is -0.719. The summed E-state index contributed by atoms with van der Waals surface area (Å²) in [5, 5.41) is 3.57. The lowest BCUT2D eigenvalue weighted by Gasteiger charge is -2.35. The number of carbonyl (C=O) groups excluding carboxylic acids is 2. The number of hydrogen-bond donors (Lipinski definition) is 1. The Labute approximate surface area is 246 Å². The number of nitrogens with zero attached hydrogens (tertiary/aromatic N) is 2. The average molecular weight is 560 g/mol. The summed E-state index contributed by atoms with van der Waals surface area (Å²) in [5.41, 5.74) is 6.25. The van der Waals surface area contributed by atoms with Crippen molar-refractivity contribution in [2.45, 2.75) is 38.6 Å². The molecule has 4 aromatic carbocycles. The third kappa shape index (κ3) is 5.09. The molecular weight excluding hydrogens is 525 g/mol. The van der Waals surface area contributed by atoms with Gasteiger partial charge in [-0.3, -0.25) is 14.5 Å². The fourth-order valence-electron chi connectivity index (χ4n) is 6.28. The third-order valence-electron chi connectivity index (χ3n) is 8.41. The van der Waals surface area contributed by atoms with Crippen LogP contribution in [-0.2, 0) is 4.79 Å². The van der Waals surface area contributed by atoms with Gasteiger partial charge in [-0.2, -0.15) is 0 Å². The summed E-state index contributed by atoms with van der Waals surface area (Å²) in [4.78, 5) is 32.5. The number of Topliss-reactive ketones (excluding diaryl/α,β-unsaturated/α-hetero) is 1. The number of carbonyl (C=O) groups is 2. The summed E-state index contributed by atoms with van der Waals surface area (Å²) >= 11 is 0. The number of anilines is 3. The number of benzene rings is 4. The molecule has 0 spiro atoms. The highest BCUT2D eigenvalue weighted by atomic mass is 19.1. The van der Waals surface area contributed by atoms with Gasteiger partial charge in [-0.15, -0.1) is 0 Å². The number of ketones is 1. The van der Waals surface area contributed by atoms with E-state index in [1.807, 2.05) is 42.5 Å². The van der Waals surface area contributed by atoms with Crippen LogP contribution in [0.2, 0.25) is 0 Å². The van der Waals surface area contributed by atoms with Gasteiger partial charge in [0.15, 0.2) is 5.78 Å². The van der Waals surface area contributed by atoms with Crippen LogP contribution in [0.25, 0.3) is 0 Å². The van der Waals surface area contributed by atoms with Crippen LogP contribution in [0.3, 0.4) is 0 Å². The maximum atomic E-state index is 14.3. The molecule has 2 aliphatic rings. The molecule has 2 atom stereocenters. The number of rotatable bonds is 6. The van der Waals surface area contributed by atoms with E-state index >= 15 is 0 Å². The van der Waals surface area contributed by atoms with Gasteiger partial charge in [0.05, 0.1) is 17.4 Å². The smallest absolute Gasteiger partial charge is 0.259 e. The van der Waals surface area contributed by atoms with Gasteiger partial charge in [0.1, 0.15) is 5.82 Å². The molecule has 6 rings (SSSR count). The number of para-hydroxylation sites is 2. The van der Waals surface area contributed by atoms with Crippen molar-refractivity contribution in [3.8, 4) is 0 Å². The molecule has 212 valence electrons. The van der Waals surface area contributed by atoms with Gasteiger partial charge in [-0.1, -0.05) is 54.6 Å². The zero-order valence-corrected chi connectivity index (χ0v) is 23.9. The predicted octanol–water partition coefficient (Wildman–Crippen LogP) is 7.89. The number of fused-ring (bicyclic) bond motifs is 1. The third-order valence-corrected chi connectivity index (χ3v) is 8.41. The van der Waals surface area contributed by atoms with Crippen LogP contribution >= 0.6 is 0 Å². The zero-order chi connectivity index (χ0) is 29.2. The highest BCUT2D eigenvalue weighted by Crippen LogP contribution is 2.48. The Morgan fingerprint density at radius 2 is 1.48 bits per heavy atom. The number of hydrogen-bond acceptors (Lipinski definition) is 4. The predicted molar refractivity (Wildman–Crippen MR) is 166 cm³/mol. The van der Waals surface area contributed by atoms with Crippen LogP contribution in [0.15, 0.2) is 114 Å². The van der Waals surface area contributed by atoms with E-state index < -0.39 is 6.04 Å². The lowest BCUT2D eigenvalue weighted by Crippen LogP contribution is -2.38. The summed E-state index contributed by atoms with van der Waals surface area (Å²) in [7, 11) is 0. The maximum absolute atomic E-state index is 14.3. The molecule has 1 amide bonds. The number of amides is 1. The Morgan fingerprint density at radius 3 is 2.17 bits per heavy atom. The summed E-state index contributed by atoms with van der Waals surface area (Å²) in [6, 6.07) is 30.7. The van der Waals surface area contributed by atoms with E-state index in [1.54, 1.807) is 29.2 Å². The van der Waals surface area contributed by atoms with Gasteiger partial charge in [0.25, 0.3) is 5.91 Å². The molecule has 1 N–H and O–H groups in total. The number of allylic oxidation sites excluding steroid dienone is 1. The summed E-state index contributed by atoms with van der Waals surface area (Å²) < 4.78 is 14.1. The largest absolute Gasteiger partial charge is 0.372 e. The van der Waals surface area contributed by atoms with E-state index in [2.05, 4.69) is 48.3 Å². The normalized spacial score (nSPS) is 18.1. The Kier molecular flexibility index (Phi) is 7.62. The second kappa shape index (κ2) is 11.6. The van der Waals surface area contributed by atoms with Crippen molar-refractivity contribution in [2.75, 3.05) is 28.2 Å². The van der Waals surface area contributed by atoms with E-state index in [0.717, 1.165) is 30.0 Å². The van der Waals surface area contributed by atoms with Gasteiger partial charge in [-0.25, -0.2) is 4.39 Å². The summed E-state index contributed by atoms with van der Waals surface area (Å²) in [5.74, 6) is -0.625. The molecule has 0 fully saturated rings. The van der Waals surface area contributed by atoms with Gasteiger partial charge < -0.3 is 10.2 Å². The minimum Gasteiger partial charge on any atom is -0.372 e. The van der Waals surface area contributed by atoms with E-state index in [-0.39, 0.29) is 23.4 Å². The van der Waals surface area contributed by atoms with E-state index in [0.29, 0.717) is 35.2 Å². The number of halogens is 1. The molecule has 6 heteroatoms. The quantitative estimate of drug-likeness (QED) is 0.261. The van der Waals surface area contributed by atoms with Crippen molar-refractivity contribution >= 4 is 28.8 Å². The molecule has 0 unspecified atom stereocenters. The van der Waals surface area contributed by atoms with Crippen molar-refractivity contribution in [1.82, 2.24) is 0 Å². The first-order valence-corrected chi connectivity index (χ1v) is 14.6. The second-order valence-corrected chi connectivity index (χ2v) is 10.8. The van der Waals surface area contributed by atoms with Crippen molar-refractivity contribution in [3.63, 3.8) is 0 Å². The van der Waals surface area contributed by atoms with Gasteiger partial charge in [-0.05, 0) is 85.8 Å². The molecule has 1 aliphatic heterocycles. The topological polar surface area (TPSA) is 52.7 Å². The molecule has 0 saturated heterocycles. The van der Waals surface area contributed by atoms with E-state index in [1.165, 1.54) is 17.8 Å². The molecule has 1 heterocycles. The molecule has 0 aromatic heterocycles. The van der Waals surface area contributed by atoms with Crippen LogP contribution < -0.4 is 15.1 Å². The van der Waals surface area contributed by atoms with Crippen LogP contribution in [0.5, 0.6) is 0 Å². The lowest BCUT2D eigenvalue weighted by molar-refractivity contribution is -0.116. The van der Waals surface area contributed by atoms with Crippen molar-refractivity contribution in [3.05, 3.63) is 137 Å². The first-order chi connectivity index (χ1) is 20.5. The maximum Gasteiger partial charge on any atom is 0.259 e.